The van der Waals surface area contributed by atoms with Crippen LogP contribution >= 0.6 is 0 Å². The number of pyridine rings is 1. The zero-order chi connectivity index (χ0) is 19.5. The number of likely N-dealkylation sites (N-methyl/N-ethyl adjacent to an activating group) is 1. The summed E-state index contributed by atoms with van der Waals surface area (Å²) in [6.07, 6.45) is 0.256. The Kier molecular flexibility index (Phi) is 6.01. The highest BCUT2D eigenvalue weighted by Crippen LogP contribution is 2.23. The van der Waals surface area contributed by atoms with Gasteiger partial charge in [0.05, 0.1) is 18.5 Å². The number of amides is 2. The third-order valence-electron chi connectivity index (χ3n) is 4.40. The van der Waals surface area contributed by atoms with Gasteiger partial charge in [-0.2, -0.15) is 0 Å². The van der Waals surface area contributed by atoms with Crippen LogP contribution in [-0.2, 0) is 16.0 Å². The van der Waals surface area contributed by atoms with E-state index in [1.165, 1.54) is 0 Å². The van der Waals surface area contributed by atoms with Gasteiger partial charge in [-0.25, -0.2) is 0 Å². The van der Waals surface area contributed by atoms with Crippen LogP contribution in [0.5, 0.6) is 0 Å². The first-order valence-electron chi connectivity index (χ1n) is 9.06. The van der Waals surface area contributed by atoms with E-state index in [9.17, 15) is 9.59 Å². The molecular formula is C21H29N3O2. The predicted molar refractivity (Wildman–Crippen MR) is 105 cm³/mol. The van der Waals surface area contributed by atoms with Crippen molar-refractivity contribution in [2.24, 2.45) is 0 Å². The van der Waals surface area contributed by atoms with E-state index in [4.69, 9.17) is 0 Å². The minimum atomic E-state index is -0.311. The SMILES string of the molecule is CCN(CC(=O)NC(C)(C)C)C(=O)Cc1c(C)nc2ccccc2c1C. The molecule has 2 rings (SSSR count). The Morgan fingerprint density at radius 3 is 2.42 bits per heavy atom. The van der Waals surface area contributed by atoms with Gasteiger partial charge in [-0.3, -0.25) is 14.6 Å². The van der Waals surface area contributed by atoms with E-state index < -0.39 is 0 Å². The lowest BCUT2D eigenvalue weighted by Gasteiger charge is -2.25. The third-order valence-corrected chi connectivity index (χ3v) is 4.40. The molecule has 0 aliphatic carbocycles. The summed E-state index contributed by atoms with van der Waals surface area (Å²) in [4.78, 5) is 31.2. The van der Waals surface area contributed by atoms with Crippen LogP contribution in [0.2, 0.25) is 0 Å². The van der Waals surface area contributed by atoms with E-state index in [1.807, 2.05) is 65.8 Å². The van der Waals surface area contributed by atoms with Crippen LogP contribution in [0.4, 0.5) is 0 Å². The number of nitrogens with zero attached hydrogens (tertiary/aromatic N) is 2. The fourth-order valence-electron chi connectivity index (χ4n) is 3.10. The summed E-state index contributed by atoms with van der Waals surface area (Å²) in [6.45, 7) is 12.2. The van der Waals surface area contributed by atoms with Gasteiger partial charge in [0.1, 0.15) is 0 Å². The Bertz CT molecular complexity index is 822. The molecule has 1 aromatic heterocycles. The molecule has 140 valence electrons. The first-order valence-corrected chi connectivity index (χ1v) is 9.06. The summed E-state index contributed by atoms with van der Waals surface area (Å²) in [6, 6.07) is 7.95. The van der Waals surface area contributed by atoms with Crippen LogP contribution in [0.15, 0.2) is 24.3 Å². The molecule has 1 heterocycles. The van der Waals surface area contributed by atoms with Crippen LogP contribution in [0.3, 0.4) is 0 Å². The molecule has 0 atom stereocenters. The lowest BCUT2D eigenvalue weighted by molar-refractivity contribution is -0.135. The van der Waals surface area contributed by atoms with Crippen molar-refractivity contribution < 1.29 is 9.59 Å². The van der Waals surface area contributed by atoms with Crippen molar-refractivity contribution in [3.8, 4) is 0 Å². The van der Waals surface area contributed by atoms with Crippen LogP contribution in [0.1, 0.15) is 44.5 Å². The molecule has 0 fully saturated rings. The fraction of sp³-hybridized carbons (Fsp3) is 0.476. The van der Waals surface area contributed by atoms with E-state index in [0.29, 0.717) is 6.54 Å². The third kappa shape index (κ3) is 4.81. The van der Waals surface area contributed by atoms with Gasteiger partial charge in [-0.15, -0.1) is 0 Å². The zero-order valence-electron chi connectivity index (χ0n) is 16.6. The molecule has 5 nitrogen and oxygen atoms in total. The van der Waals surface area contributed by atoms with Crippen molar-refractivity contribution in [2.75, 3.05) is 13.1 Å². The van der Waals surface area contributed by atoms with Crippen molar-refractivity contribution in [1.29, 1.82) is 0 Å². The highest BCUT2D eigenvalue weighted by Gasteiger charge is 2.21. The minimum Gasteiger partial charge on any atom is -0.350 e. The van der Waals surface area contributed by atoms with E-state index in [0.717, 1.165) is 27.7 Å². The molecule has 1 aromatic carbocycles. The Morgan fingerprint density at radius 2 is 1.81 bits per heavy atom. The standard InChI is InChI=1S/C21H29N3O2/c1-7-24(13-19(25)23-21(4,5)6)20(26)12-17-14(2)16-10-8-9-11-18(16)22-15(17)3/h8-11H,7,12-13H2,1-6H3,(H,23,25). The monoisotopic (exact) mass is 355 g/mol. The Hall–Kier alpha value is -2.43. The van der Waals surface area contributed by atoms with E-state index >= 15 is 0 Å². The van der Waals surface area contributed by atoms with Crippen molar-refractivity contribution >= 4 is 22.7 Å². The van der Waals surface area contributed by atoms with Crippen LogP contribution in [0.25, 0.3) is 10.9 Å². The maximum absolute atomic E-state index is 12.8. The molecular weight excluding hydrogens is 326 g/mol. The zero-order valence-corrected chi connectivity index (χ0v) is 16.6. The number of carbonyl (C=O) groups is 2. The predicted octanol–water partition coefficient (Wildman–Crippen LogP) is 3.16. The summed E-state index contributed by atoms with van der Waals surface area (Å²) in [5.41, 5.74) is 3.52. The second-order valence-electron chi connectivity index (χ2n) is 7.70. The van der Waals surface area contributed by atoms with Crippen LogP contribution in [-0.4, -0.2) is 40.3 Å². The summed E-state index contributed by atoms with van der Waals surface area (Å²) >= 11 is 0. The van der Waals surface area contributed by atoms with Gasteiger partial charge in [0, 0.05) is 23.2 Å². The molecule has 2 aromatic rings. The van der Waals surface area contributed by atoms with Gasteiger partial charge >= 0.3 is 0 Å². The van der Waals surface area contributed by atoms with Crippen LogP contribution in [0, 0.1) is 13.8 Å². The highest BCUT2D eigenvalue weighted by atomic mass is 16.2. The van der Waals surface area contributed by atoms with Gasteiger partial charge in [-0.1, -0.05) is 18.2 Å². The average molecular weight is 355 g/mol. The van der Waals surface area contributed by atoms with Crippen molar-refractivity contribution in [1.82, 2.24) is 15.2 Å². The number of nitrogens with one attached hydrogen (secondary N) is 1. The number of aryl methyl sites for hydroxylation is 2. The van der Waals surface area contributed by atoms with Gasteiger partial charge < -0.3 is 10.2 Å². The lowest BCUT2D eigenvalue weighted by Crippen LogP contribution is -2.47. The van der Waals surface area contributed by atoms with Gasteiger partial charge in [0.25, 0.3) is 0 Å². The second-order valence-corrected chi connectivity index (χ2v) is 7.70. The first kappa shape index (κ1) is 19.9. The molecule has 0 radical (unpaired) electrons. The van der Waals surface area contributed by atoms with Gasteiger partial charge in [-0.05, 0) is 58.7 Å². The smallest absolute Gasteiger partial charge is 0.240 e. The number of benzene rings is 1. The topological polar surface area (TPSA) is 62.3 Å². The number of aromatic nitrogens is 1. The number of rotatable bonds is 5. The minimum absolute atomic E-state index is 0.0557. The average Bonchev–Trinajstić information content (AvgIpc) is 2.54. The quantitative estimate of drug-likeness (QED) is 0.896. The number of fused-ring (bicyclic) bond motifs is 1. The summed E-state index contributed by atoms with van der Waals surface area (Å²) in [7, 11) is 0. The van der Waals surface area contributed by atoms with Crippen molar-refractivity contribution in [2.45, 2.75) is 53.5 Å². The molecule has 0 bridgehead atoms. The van der Waals surface area contributed by atoms with Crippen LogP contribution < -0.4 is 5.32 Å². The van der Waals surface area contributed by atoms with Gasteiger partial charge in [0.2, 0.25) is 11.8 Å². The molecule has 0 spiro atoms. The van der Waals surface area contributed by atoms with Crippen molar-refractivity contribution in [3.63, 3.8) is 0 Å². The maximum atomic E-state index is 12.8. The Balaban J connectivity index is 2.20. The number of hydrogen-bond acceptors (Lipinski definition) is 3. The lowest BCUT2D eigenvalue weighted by atomic mass is 9.99. The molecule has 1 N–H and O–H groups in total. The number of para-hydroxylation sites is 1. The summed E-state index contributed by atoms with van der Waals surface area (Å²) in [5.74, 6) is -0.197. The molecule has 2 amide bonds. The number of carbonyl (C=O) groups excluding carboxylic acids is 2. The van der Waals surface area contributed by atoms with E-state index in [2.05, 4.69) is 10.3 Å². The molecule has 26 heavy (non-hydrogen) atoms. The molecule has 0 aliphatic rings. The summed E-state index contributed by atoms with van der Waals surface area (Å²) in [5, 5.41) is 3.97. The molecule has 0 aliphatic heterocycles. The van der Waals surface area contributed by atoms with E-state index in [-0.39, 0.29) is 30.3 Å². The largest absolute Gasteiger partial charge is 0.350 e. The molecule has 0 saturated heterocycles. The number of hydrogen-bond donors (Lipinski definition) is 1. The Morgan fingerprint density at radius 1 is 1.15 bits per heavy atom. The Labute approximate surface area is 155 Å². The van der Waals surface area contributed by atoms with E-state index in [1.54, 1.807) is 4.90 Å². The fourth-order valence-corrected chi connectivity index (χ4v) is 3.10. The summed E-state index contributed by atoms with van der Waals surface area (Å²) < 4.78 is 0. The highest BCUT2D eigenvalue weighted by molar-refractivity contribution is 5.88. The normalized spacial score (nSPS) is 11.5. The molecule has 0 saturated carbocycles. The molecule has 0 unspecified atom stereocenters. The maximum Gasteiger partial charge on any atom is 0.240 e. The van der Waals surface area contributed by atoms with Crippen molar-refractivity contribution in [3.05, 3.63) is 41.1 Å². The first-order chi connectivity index (χ1) is 12.1. The second kappa shape index (κ2) is 7.85. The molecule has 5 heteroatoms. The van der Waals surface area contributed by atoms with Gasteiger partial charge in [0.15, 0.2) is 0 Å².